The highest BCUT2D eigenvalue weighted by atomic mass is 19.3. The van der Waals surface area contributed by atoms with Crippen LogP contribution in [0.5, 0.6) is 11.5 Å². The van der Waals surface area contributed by atoms with Crippen molar-refractivity contribution >= 4 is 11.8 Å². The molecule has 0 fully saturated rings. The van der Waals surface area contributed by atoms with Crippen LogP contribution in [0.4, 0.5) is 17.6 Å². The zero-order valence-electron chi connectivity index (χ0n) is 28.0. The second-order valence-corrected chi connectivity index (χ2v) is 11.8. The van der Waals surface area contributed by atoms with Crippen LogP contribution in [-0.2, 0) is 0 Å². The van der Waals surface area contributed by atoms with Gasteiger partial charge in [-0.2, -0.15) is 27.5 Å². The molecule has 2 aliphatic heterocycles. The third-order valence-electron chi connectivity index (χ3n) is 7.94. The molecule has 276 valence electrons. The summed E-state index contributed by atoms with van der Waals surface area (Å²) in [7, 11) is 0. The molecule has 0 saturated heterocycles. The normalized spacial score (nSPS) is 15.5. The number of fused-ring (bicyclic) bond motifs is 2. The van der Waals surface area contributed by atoms with Gasteiger partial charge in [0.2, 0.25) is 11.6 Å². The maximum atomic E-state index is 12.6. The summed E-state index contributed by atoms with van der Waals surface area (Å²) >= 11 is 0. The lowest BCUT2D eigenvalue weighted by molar-refractivity contribution is 0.0921. The van der Waals surface area contributed by atoms with E-state index in [1.54, 1.807) is 62.6 Å². The average molecular weight is 747 g/mol. The average Bonchev–Trinajstić information content (AvgIpc) is 3.99. The third-order valence-corrected chi connectivity index (χ3v) is 7.94. The lowest BCUT2D eigenvalue weighted by Gasteiger charge is -2.11. The molecule has 2 amide bonds. The number of aryl methyl sites for hydroxylation is 2. The number of alkyl halides is 4. The van der Waals surface area contributed by atoms with E-state index < -0.39 is 36.7 Å². The third kappa shape index (κ3) is 7.66. The quantitative estimate of drug-likeness (QED) is 0.190. The molecule has 1 unspecified atom stereocenters. The van der Waals surface area contributed by atoms with Crippen molar-refractivity contribution in [2.75, 3.05) is 13.2 Å². The molecule has 6 aromatic rings. The van der Waals surface area contributed by atoms with Crippen molar-refractivity contribution in [1.82, 2.24) is 50.9 Å². The number of carbonyl (C=O) groups excluding carboxylic acids is 2. The van der Waals surface area contributed by atoms with Gasteiger partial charge in [-0.05, 0) is 50.2 Å². The molecule has 2 aliphatic rings. The number of nitrogens with one attached hydrogen (secondary N) is 2. The molecule has 0 bridgehead atoms. The molecule has 16 nitrogen and oxygen atoms in total. The van der Waals surface area contributed by atoms with Gasteiger partial charge in [-0.25, -0.2) is 0 Å². The molecule has 20 heteroatoms. The summed E-state index contributed by atoms with van der Waals surface area (Å²) in [5, 5.41) is 12.7. The Morgan fingerprint density at radius 2 is 1.09 bits per heavy atom. The standard InChI is InChI=1S/2C17H13F2N5O3/c2*1-8-4-9(2-3-20-8)16(25)22-11-7-26-12-5-10(6-21-13(11)12)15-23-17(14(18)19)27-24-15/h2*2-6,11,14H,7H2,1H3,(H,22,25)/t11-;/m1./s1. The van der Waals surface area contributed by atoms with Gasteiger partial charge in [0.25, 0.3) is 23.6 Å². The highest BCUT2D eigenvalue weighted by molar-refractivity contribution is 5.95. The number of carbonyl (C=O) groups is 2. The van der Waals surface area contributed by atoms with Crippen LogP contribution in [-0.4, -0.2) is 65.2 Å². The lowest BCUT2D eigenvalue weighted by Crippen LogP contribution is -2.29. The van der Waals surface area contributed by atoms with Crippen LogP contribution >= 0.6 is 0 Å². The highest BCUT2D eigenvalue weighted by Crippen LogP contribution is 2.35. The fourth-order valence-electron chi connectivity index (χ4n) is 5.37. The van der Waals surface area contributed by atoms with Gasteiger partial charge in [0.1, 0.15) is 48.2 Å². The zero-order chi connectivity index (χ0) is 37.9. The number of aromatic nitrogens is 8. The Labute approximate surface area is 301 Å². The van der Waals surface area contributed by atoms with Gasteiger partial charge >= 0.3 is 12.9 Å². The number of pyridine rings is 4. The minimum atomic E-state index is -2.85. The summed E-state index contributed by atoms with van der Waals surface area (Å²) in [5.41, 5.74) is 4.26. The summed E-state index contributed by atoms with van der Waals surface area (Å²) in [4.78, 5) is 48.7. The van der Waals surface area contributed by atoms with Crippen molar-refractivity contribution in [3.8, 4) is 34.3 Å². The Morgan fingerprint density at radius 1 is 0.667 bits per heavy atom. The molecule has 2 N–H and O–H groups in total. The van der Waals surface area contributed by atoms with Crippen molar-refractivity contribution in [3.63, 3.8) is 0 Å². The number of ether oxygens (including phenoxy) is 2. The predicted molar refractivity (Wildman–Crippen MR) is 174 cm³/mol. The van der Waals surface area contributed by atoms with Gasteiger partial charge in [0, 0.05) is 58.4 Å². The number of nitrogens with zero attached hydrogens (tertiary/aromatic N) is 8. The molecule has 54 heavy (non-hydrogen) atoms. The first-order valence-electron chi connectivity index (χ1n) is 16.0. The summed E-state index contributed by atoms with van der Waals surface area (Å²) < 4.78 is 70.4. The Morgan fingerprint density at radius 3 is 1.46 bits per heavy atom. The zero-order valence-corrected chi connectivity index (χ0v) is 28.0. The smallest absolute Gasteiger partial charge is 0.315 e. The van der Waals surface area contributed by atoms with E-state index in [9.17, 15) is 27.2 Å². The molecule has 0 radical (unpaired) electrons. The Kier molecular flexibility index (Phi) is 9.88. The Hall–Kier alpha value is -6.86. The van der Waals surface area contributed by atoms with Crippen molar-refractivity contribution in [1.29, 1.82) is 0 Å². The van der Waals surface area contributed by atoms with E-state index >= 15 is 0 Å². The first kappa shape index (κ1) is 35.5. The maximum Gasteiger partial charge on any atom is 0.315 e. The molecule has 6 aromatic heterocycles. The maximum absolute atomic E-state index is 12.6. The SMILES string of the molecule is Cc1cc(C(=O)NC2COc3cc(-c4noc(C(F)F)n4)cnc32)ccn1.Cc1cc(C(=O)N[C@@H]2COc3cc(-c4noc(C(F)F)n4)cnc32)ccn1. The molecule has 0 saturated carbocycles. The van der Waals surface area contributed by atoms with Gasteiger partial charge in [0.15, 0.2) is 0 Å². The number of hydrogen-bond acceptors (Lipinski definition) is 14. The molecule has 0 aliphatic carbocycles. The van der Waals surface area contributed by atoms with Crippen molar-refractivity contribution in [2.24, 2.45) is 0 Å². The monoisotopic (exact) mass is 746 g/mol. The van der Waals surface area contributed by atoms with Crippen LogP contribution in [0.15, 0.2) is 70.2 Å². The first-order valence-corrected chi connectivity index (χ1v) is 16.0. The minimum Gasteiger partial charge on any atom is -0.489 e. The highest BCUT2D eigenvalue weighted by Gasteiger charge is 2.30. The number of hydrogen-bond donors (Lipinski definition) is 2. The number of rotatable bonds is 8. The van der Waals surface area contributed by atoms with E-state index in [-0.39, 0.29) is 36.7 Å². The molecule has 8 heterocycles. The summed E-state index contributed by atoms with van der Waals surface area (Å²) in [6.07, 6.45) is 0.272. The minimum absolute atomic E-state index is 0.0102. The van der Waals surface area contributed by atoms with E-state index in [0.29, 0.717) is 45.1 Å². The van der Waals surface area contributed by atoms with Crippen LogP contribution in [0.3, 0.4) is 0 Å². The molecule has 8 rings (SSSR count). The number of halogens is 4. The summed E-state index contributed by atoms with van der Waals surface area (Å²) in [6.45, 7) is 4.00. The second-order valence-electron chi connectivity index (χ2n) is 11.8. The van der Waals surface area contributed by atoms with Crippen LogP contribution in [0, 0.1) is 13.8 Å². The van der Waals surface area contributed by atoms with Crippen LogP contribution in [0.1, 0.15) is 80.2 Å². The van der Waals surface area contributed by atoms with E-state index in [1.807, 2.05) is 0 Å². The molecular formula is C34H26F4N10O6. The fraction of sp³-hybridized carbons (Fsp3) is 0.235. The summed E-state index contributed by atoms with van der Waals surface area (Å²) in [6, 6.07) is 8.88. The molecule has 0 spiro atoms. The van der Waals surface area contributed by atoms with E-state index in [1.165, 1.54) is 12.4 Å². The van der Waals surface area contributed by atoms with Crippen LogP contribution in [0.25, 0.3) is 22.8 Å². The van der Waals surface area contributed by atoms with Crippen LogP contribution in [0.2, 0.25) is 0 Å². The van der Waals surface area contributed by atoms with Gasteiger partial charge in [-0.1, -0.05) is 10.3 Å². The van der Waals surface area contributed by atoms with Crippen molar-refractivity contribution in [2.45, 2.75) is 38.8 Å². The van der Waals surface area contributed by atoms with Crippen LogP contribution < -0.4 is 20.1 Å². The first-order chi connectivity index (χ1) is 26.0. The van der Waals surface area contributed by atoms with E-state index in [0.717, 1.165) is 11.4 Å². The topological polar surface area (TPSA) is 206 Å². The molecule has 0 aromatic carbocycles. The largest absolute Gasteiger partial charge is 0.489 e. The van der Waals surface area contributed by atoms with Gasteiger partial charge in [0.05, 0.1) is 0 Å². The molecule has 2 atom stereocenters. The number of amides is 2. The van der Waals surface area contributed by atoms with Gasteiger partial charge in [-0.15, -0.1) is 0 Å². The summed E-state index contributed by atoms with van der Waals surface area (Å²) in [5.74, 6) is -1.24. The Bertz CT molecular complexity index is 2180. The van der Waals surface area contributed by atoms with Gasteiger partial charge < -0.3 is 29.2 Å². The Balaban J connectivity index is 0.000000167. The lowest BCUT2D eigenvalue weighted by atomic mass is 10.1. The van der Waals surface area contributed by atoms with Crippen molar-refractivity contribution < 1.29 is 45.7 Å². The van der Waals surface area contributed by atoms with E-state index in [2.05, 4.69) is 59.9 Å². The predicted octanol–water partition coefficient (Wildman–Crippen LogP) is 5.27. The van der Waals surface area contributed by atoms with Crippen molar-refractivity contribution in [3.05, 3.63) is 107 Å². The second kappa shape index (κ2) is 15.0. The fourth-order valence-corrected chi connectivity index (χ4v) is 5.37. The van der Waals surface area contributed by atoms with Gasteiger partial charge in [-0.3, -0.25) is 29.5 Å². The molecular weight excluding hydrogens is 720 g/mol. The van der Waals surface area contributed by atoms with E-state index in [4.69, 9.17) is 9.47 Å².